The highest BCUT2D eigenvalue weighted by molar-refractivity contribution is 7.10. The van der Waals surface area contributed by atoms with Crippen LogP contribution in [0.3, 0.4) is 0 Å². The number of aromatic amines is 1. The Morgan fingerprint density at radius 1 is 1.32 bits per heavy atom. The Balaban J connectivity index is 1.93. The van der Waals surface area contributed by atoms with Crippen LogP contribution in [0, 0.1) is 18.3 Å². The summed E-state index contributed by atoms with van der Waals surface area (Å²) in [6, 6.07) is 12.2. The molecule has 19 heavy (non-hydrogen) atoms. The molecule has 2 N–H and O–H groups in total. The summed E-state index contributed by atoms with van der Waals surface area (Å²) >= 11 is 1.73. The molecule has 0 saturated heterocycles. The highest BCUT2D eigenvalue weighted by Gasteiger charge is 2.10. The van der Waals surface area contributed by atoms with Gasteiger partial charge in [-0.3, -0.25) is 0 Å². The summed E-state index contributed by atoms with van der Waals surface area (Å²) < 4.78 is 0. The van der Waals surface area contributed by atoms with E-state index in [1.807, 2.05) is 24.3 Å². The molecule has 0 amide bonds. The summed E-state index contributed by atoms with van der Waals surface area (Å²) in [6.07, 6.45) is 0. The van der Waals surface area contributed by atoms with Crippen LogP contribution in [-0.4, -0.2) is 4.98 Å². The first kappa shape index (κ1) is 11.8. The lowest BCUT2D eigenvalue weighted by Crippen LogP contribution is -2.00. The second kappa shape index (κ2) is 4.79. The molecule has 0 radical (unpaired) electrons. The fourth-order valence-corrected chi connectivity index (χ4v) is 2.99. The maximum Gasteiger partial charge on any atom is 0.122 e. The number of fused-ring (bicyclic) bond motifs is 1. The first-order valence-corrected chi connectivity index (χ1v) is 6.95. The van der Waals surface area contributed by atoms with E-state index in [1.54, 1.807) is 11.3 Å². The molecule has 1 aromatic carbocycles. The number of H-pyrrole nitrogens is 1. The molecule has 2 heterocycles. The molecule has 2 aromatic heterocycles. The summed E-state index contributed by atoms with van der Waals surface area (Å²) in [5.41, 5.74) is 2.96. The predicted octanol–water partition coefficient (Wildman–Crippen LogP) is 4.02. The Labute approximate surface area is 115 Å². The van der Waals surface area contributed by atoms with Crippen LogP contribution in [0.5, 0.6) is 0 Å². The number of anilines is 1. The van der Waals surface area contributed by atoms with E-state index in [1.165, 1.54) is 10.4 Å². The number of aromatic nitrogens is 1. The van der Waals surface area contributed by atoms with Gasteiger partial charge in [0.25, 0.3) is 0 Å². The molecular weight excluding hydrogens is 254 g/mol. The van der Waals surface area contributed by atoms with Gasteiger partial charge in [0.2, 0.25) is 0 Å². The monoisotopic (exact) mass is 267 g/mol. The van der Waals surface area contributed by atoms with E-state index in [0.717, 1.165) is 23.3 Å². The lowest BCUT2D eigenvalue weighted by atomic mass is 10.2. The van der Waals surface area contributed by atoms with Crippen LogP contribution < -0.4 is 5.32 Å². The first-order valence-electron chi connectivity index (χ1n) is 6.07. The second-order valence-electron chi connectivity index (χ2n) is 4.41. The SMILES string of the molecule is Cc1ccsc1CNc1[nH]c2ccccc2c1C#N. The van der Waals surface area contributed by atoms with Gasteiger partial charge in [-0.1, -0.05) is 18.2 Å². The first-order chi connectivity index (χ1) is 9.29. The third kappa shape index (κ3) is 2.09. The molecular formula is C15H13N3S. The summed E-state index contributed by atoms with van der Waals surface area (Å²) in [5, 5.41) is 15.7. The Bertz CT molecular complexity index is 761. The number of hydrogen-bond acceptors (Lipinski definition) is 3. The van der Waals surface area contributed by atoms with Crippen molar-refractivity contribution in [1.82, 2.24) is 4.98 Å². The van der Waals surface area contributed by atoms with E-state index >= 15 is 0 Å². The van der Waals surface area contributed by atoms with Crippen molar-refractivity contribution in [2.24, 2.45) is 0 Å². The summed E-state index contributed by atoms with van der Waals surface area (Å²) in [7, 11) is 0. The molecule has 0 bridgehead atoms. The van der Waals surface area contributed by atoms with Gasteiger partial charge >= 0.3 is 0 Å². The lowest BCUT2D eigenvalue weighted by molar-refractivity contribution is 1.14. The highest BCUT2D eigenvalue weighted by atomic mass is 32.1. The van der Waals surface area contributed by atoms with Gasteiger partial charge in [-0.2, -0.15) is 5.26 Å². The Morgan fingerprint density at radius 3 is 2.89 bits per heavy atom. The van der Waals surface area contributed by atoms with Gasteiger partial charge in [-0.15, -0.1) is 11.3 Å². The predicted molar refractivity (Wildman–Crippen MR) is 79.4 cm³/mol. The molecule has 0 spiro atoms. The standard InChI is InChI=1S/C15H13N3S/c1-10-6-7-19-14(10)9-17-15-12(8-16)11-4-2-3-5-13(11)18-15/h2-7,17-18H,9H2,1H3. The Hall–Kier alpha value is -2.25. The van der Waals surface area contributed by atoms with E-state index < -0.39 is 0 Å². The third-order valence-electron chi connectivity index (χ3n) is 3.21. The van der Waals surface area contributed by atoms with Gasteiger partial charge in [0.15, 0.2) is 0 Å². The number of para-hydroxylation sites is 1. The third-order valence-corrected chi connectivity index (χ3v) is 4.23. The van der Waals surface area contributed by atoms with Gasteiger partial charge in [-0.05, 0) is 30.0 Å². The van der Waals surface area contributed by atoms with Crippen molar-refractivity contribution in [2.75, 3.05) is 5.32 Å². The summed E-state index contributed by atoms with van der Waals surface area (Å²) in [5.74, 6) is 0.802. The molecule has 0 aliphatic heterocycles. The number of nitrogens with one attached hydrogen (secondary N) is 2. The highest BCUT2D eigenvalue weighted by Crippen LogP contribution is 2.26. The van der Waals surface area contributed by atoms with Crippen molar-refractivity contribution in [1.29, 1.82) is 5.26 Å². The van der Waals surface area contributed by atoms with Crippen molar-refractivity contribution in [3.63, 3.8) is 0 Å². The maximum absolute atomic E-state index is 9.31. The quantitative estimate of drug-likeness (QED) is 0.753. The van der Waals surface area contributed by atoms with Gasteiger partial charge in [-0.25, -0.2) is 0 Å². The van der Waals surface area contributed by atoms with Crippen molar-refractivity contribution in [2.45, 2.75) is 13.5 Å². The largest absolute Gasteiger partial charge is 0.366 e. The molecule has 4 heteroatoms. The van der Waals surface area contributed by atoms with E-state index in [9.17, 15) is 5.26 Å². The minimum Gasteiger partial charge on any atom is -0.366 e. The van der Waals surface area contributed by atoms with Crippen molar-refractivity contribution in [3.05, 3.63) is 51.7 Å². The molecule has 0 unspecified atom stereocenters. The number of aryl methyl sites for hydroxylation is 1. The van der Waals surface area contributed by atoms with Crippen LogP contribution in [-0.2, 0) is 6.54 Å². The zero-order valence-corrected chi connectivity index (χ0v) is 11.3. The summed E-state index contributed by atoms with van der Waals surface area (Å²) in [4.78, 5) is 4.56. The number of thiophene rings is 1. The van der Waals surface area contributed by atoms with E-state index in [4.69, 9.17) is 0 Å². The molecule has 3 rings (SSSR count). The minimum atomic E-state index is 0.685. The number of rotatable bonds is 3. The topological polar surface area (TPSA) is 51.6 Å². The van der Waals surface area contributed by atoms with Crippen LogP contribution >= 0.6 is 11.3 Å². The van der Waals surface area contributed by atoms with Crippen LogP contribution in [0.2, 0.25) is 0 Å². The van der Waals surface area contributed by atoms with Crippen molar-refractivity contribution in [3.8, 4) is 6.07 Å². The average Bonchev–Trinajstić information content (AvgIpc) is 2.99. The molecule has 3 aromatic rings. The molecule has 0 aliphatic carbocycles. The Kier molecular flexibility index (Phi) is 2.98. The van der Waals surface area contributed by atoms with E-state index in [2.05, 4.69) is 34.7 Å². The Morgan fingerprint density at radius 2 is 2.16 bits per heavy atom. The van der Waals surface area contributed by atoms with E-state index in [0.29, 0.717) is 5.56 Å². The number of nitrogens with zero attached hydrogens (tertiary/aromatic N) is 1. The molecule has 0 aliphatic rings. The van der Waals surface area contributed by atoms with E-state index in [-0.39, 0.29) is 0 Å². The van der Waals surface area contributed by atoms with Crippen LogP contribution in [0.15, 0.2) is 35.7 Å². The molecule has 0 atom stereocenters. The van der Waals surface area contributed by atoms with Gasteiger partial charge in [0, 0.05) is 15.8 Å². The number of nitriles is 1. The summed E-state index contributed by atoms with van der Waals surface area (Å²) in [6.45, 7) is 2.84. The van der Waals surface area contributed by atoms with Crippen LogP contribution in [0.25, 0.3) is 10.9 Å². The lowest BCUT2D eigenvalue weighted by Gasteiger charge is -2.03. The average molecular weight is 267 g/mol. The number of benzene rings is 1. The smallest absolute Gasteiger partial charge is 0.122 e. The molecule has 3 nitrogen and oxygen atoms in total. The van der Waals surface area contributed by atoms with Crippen LogP contribution in [0.4, 0.5) is 5.82 Å². The maximum atomic E-state index is 9.31. The van der Waals surface area contributed by atoms with Gasteiger partial charge in [0.05, 0.1) is 6.54 Å². The minimum absolute atomic E-state index is 0.685. The van der Waals surface area contributed by atoms with Crippen LogP contribution in [0.1, 0.15) is 16.0 Å². The number of hydrogen-bond donors (Lipinski definition) is 2. The van der Waals surface area contributed by atoms with Crippen molar-refractivity contribution < 1.29 is 0 Å². The zero-order chi connectivity index (χ0) is 13.2. The molecule has 0 fully saturated rings. The molecule has 94 valence electrons. The fraction of sp³-hybridized carbons (Fsp3) is 0.133. The zero-order valence-electron chi connectivity index (χ0n) is 10.5. The van der Waals surface area contributed by atoms with Gasteiger partial charge < -0.3 is 10.3 Å². The normalized spacial score (nSPS) is 10.5. The van der Waals surface area contributed by atoms with Gasteiger partial charge in [0.1, 0.15) is 17.5 Å². The second-order valence-corrected chi connectivity index (χ2v) is 5.41. The molecule has 0 saturated carbocycles. The fourth-order valence-electron chi connectivity index (χ4n) is 2.14. The van der Waals surface area contributed by atoms with Crippen molar-refractivity contribution >= 4 is 28.1 Å².